The van der Waals surface area contributed by atoms with Gasteiger partial charge in [-0.05, 0) is 6.07 Å². The molecule has 1 aliphatic rings. The van der Waals surface area contributed by atoms with Crippen molar-refractivity contribution in [1.29, 1.82) is 0 Å². The van der Waals surface area contributed by atoms with Gasteiger partial charge in [-0.2, -0.15) is 0 Å². The Morgan fingerprint density at radius 3 is 2.67 bits per heavy atom. The van der Waals surface area contributed by atoms with Crippen molar-refractivity contribution < 1.29 is 19.4 Å². The Balaban J connectivity index is 1.78. The third-order valence-corrected chi connectivity index (χ3v) is 5.53. The molecule has 1 fully saturated rings. The largest absolute Gasteiger partial charge is 0.368 e. The Hall–Kier alpha value is -3.52. The molecule has 0 spiro atoms. The molecule has 2 heterocycles. The van der Waals surface area contributed by atoms with Gasteiger partial charge in [0.25, 0.3) is 11.4 Å². The number of imidazole rings is 1. The molecular formula is C16H17N7O6S. The van der Waals surface area contributed by atoms with Crippen molar-refractivity contribution >= 4 is 35.0 Å². The highest BCUT2D eigenvalue weighted by Crippen LogP contribution is 2.28. The van der Waals surface area contributed by atoms with Crippen LogP contribution in [0.4, 0.5) is 11.4 Å². The number of carbonyl (C=O) groups is 2. The topological polar surface area (TPSA) is 194 Å². The van der Waals surface area contributed by atoms with E-state index < -0.39 is 45.1 Å². The first-order valence-electron chi connectivity index (χ1n) is 8.58. The summed E-state index contributed by atoms with van der Waals surface area (Å²) < 4.78 is 1.33. The second kappa shape index (κ2) is 8.46. The molecule has 1 aliphatic heterocycles. The Kier molecular flexibility index (Phi) is 5.98. The molecule has 14 heteroatoms. The standard InChI is InChI=1S/C16H17N7O6S/c17-11(16(25)21-8-30-6-14(21)15(18)24)3-9-5-20(7-19-9)12-2-1-10(22(26)27)4-13(12)23(28)29/h1-2,4-5,7,11,14H,3,6,8,17H2,(H2,18,24)/t11-,14?/m0/s1. The number of aromatic nitrogens is 2. The van der Waals surface area contributed by atoms with Crippen LogP contribution in [0.3, 0.4) is 0 Å². The van der Waals surface area contributed by atoms with Gasteiger partial charge in [0.05, 0.1) is 39.9 Å². The monoisotopic (exact) mass is 435 g/mol. The van der Waals surface area contributed by atoms with Crippen LogP contribution in [0, 0.1) is 20.2 Å². The maximum atomic E-state index is 12.6. The summed E-state index contributed by atoms with van der Waals surface area (Å²) in [6.07, 6.45) is 2.77. The van der Waals surface area contributed by atoms with E-state index in [0.717, 1.165) is 12.1 Å². The molecule has 0 saturated carbocycles. The quantitative estimate of drug-likeness (QED) is 0.442. The smallest absolute Gasteiger partial charge is 0.300 e. The molecule has 1 unspecified atom stereocenters. The van der Waals surface area contributed by atoms with Crippen LogP contribution in [0.25, 0.3) is 5.69 Å². The minimum atomic E-state index is -0.985. The Morgan fingerprint density at radius 2 is 2.03 bits per heavy atom. The number of nitrogens with two attached hydrogens (primary N) is 2. The number of amides is 2. The summed E-state index contributed by atoms with van der Waals surface area (Å²) in [5.74, 6) is -0.328. The fourth-order valence-electron chi connectivity index (χ4n) is 3.01. The molecule has 2 atom stereocenters. The summed E-state index contributed by atoms with van der Waals surface area (Å²) in [5, 5.41) is 22.2. The molecule has 0 radical (unpaired) electrons. The third kappa shape index (κ3) is 4.23. The van der Waals surface area contributed by atoms with E-state index in [9.17, 15) is 29.8 Å². The number of thioether (sulfide) groups is 1. The molecule has 0 aliphatic carbocycles. The van der Waals surface area contributed by atoms with Crippen LogP contribution in [0.5, 0.6) is 0 Å². The fourth-order valence-corrected chi connectivity index (χ4v) is 4.19. The maximum absolute atomic E-state index is 12.6. The van der Waals surface area contributed by atoms with E-state index in [0.29, 0.717) is 17.3 Å². The molecule has 1 aromatic carbocycles. The number of rotatable bonds is 7. The summed E-state index contributed by atoms with van der Waals surface area (Å²) in [6, 6.07) is 1.55. The van der Waals surface area contributed by atoms with Gasteiger partial charge in [0.15, 0.2) is 0 Å². The average molecular weight is 435 g/mol. The first-order chi connectivity index (χ1) is 14.2. The number of hydrogen-bond acceptors (Lipinski definition) is 9. The van der Waals surface area contributed by atoms with Gasteiger partial charge in [0.1, 0.15) is 11.7 Å². The van der Waals surface area contributed by atoms with E-state index in [1.165, 1.54) is 39.8 Å². The highest BCUT2D eigenvalue weighted by Gasteiger charge is 2.35. The Labute approximate surface area is 173 Å². The SMILES string of the molecule is NC(=O)C1CSCN1C(=O)[C@@H](N)Cc1cn(-c2ccc([N+](=O)[O-])cc2[N+](=O)[O-])cn1. The number of nitro benzene ring substituents is 2. The first-order valence-corrected chi connectivity index (χ1v) is 9.73. The van der Waals surface area contributed by atoms with E-state index in [1.807, 2.05) is 0 Å². The van der Waals surface area contributed by atoms with E-state index in [-0.39, 0.29) is 12.1 Å². The molecule has 1 aromatic heterocycles. The summed E-state index contributed by atoms with van der Waals surface area (Å²) in [4.78, 5) is 50.2. The minimum absolute atomic E-state index is 0.0270. The average Bonchev–Trinajstić information content (AvgIpc) is 3.36. The van der Waals surface area contributed by atoms with Crippen LogP contribution < -0.4 is 11.5 Å². The Bertz CT molecular complexity index is 1030. The zero-order valence-electron chi connectivity index (χ0n) is 15.4. The highest BCUT2D eigenvalue weighted by molar-refractivity contribution is 7.99. The predicted octanol–water partition coefficient (Wildman–Crippen LogP) is -0.0547. The molecule has 3 rings (SSSR count). The van der Waals surface area contributed by atoms with Crippen molar-refractivity contribution in [3.05, 3.63) is 56.6 Å². The highest BCUT2D eigenvalue weighted by atomic mass is 32.2. The fraction of sp³-hybridized carbons (Fsp3) is 0.312. The number of benzene rings is 1. The molecule has 13 nitrogen and oxygen atoms in total. The molecule has 2 aromatic rings. The molecule has 2 amide bonds. The van der Waals surface area contributed by atoms with Crippen molar-refractivity contribution in [3.63, 3.8) is 0 Å². The van der Waals surface area contributed by atoms with E-state index in [1.54, 1.807) is 0 Å². The van der Waals surface area contributed by atoms with E-state index >= 15 is 0 Å². The molecule has 1 saturated heterocycles. The van der Waals surface area contributed by atoms with E-state index in [4.69, 9.17) is 11.5 Å². The zero-order chi connectivity index (χ0) is 22.0. The number of primary amides is 1. The number of nitrogens with zero attached hydrogens (tertiary/aromatic N) is 5. The normalized spacial score (nSPS) is 17.0. The number of non-ortho nitro benzene ring substituents is 1. The molecule has 0 bridgehead atoms. The van der Waals surface area contributed by atoms with Crippen molar-refractivity contribution in [2.24, 2.45) is 11.5 Å². The van der Waals surface area contributed by atoms with Gasteiger partial charge < -0.3 is 16.4 Å². The van der Waals surface area contributed by atoms with Gasteiger partial charge in [-0.1, -0.05) is 0 Å². The first kappa shape index (κ1) is 21.2. The molecule has 30 heavy (non-hydrogen) atoms. The predicted molar refractivity (Wildman–Crippen MR) is 106 cm³/mol. The van der Waals surface area contributed by atoms with Crippen LogP contribution in [0.2, 0.25) is 0 Å². The van der Waals surface area contributed by atoms with Crippen LogP contribution in [-0.2, 0) is 16.0 Å². The summed E-state index contributed by atoms with van der Waals surface area (Å²) >= 11 is 1.40. The summed E-state index contributed by atoms with van der Waals surface area (Å²) in [5.41, 5.74) is 10.9. The van der Waals surface area contributed by atoms with Crippen LogP contribution >= 0.6 is 11.8 Å². The number of nitro groups is 2. The van der Waals surface area contributed by atoms with Crippen molar-refractivity contribution in [1.82, 2.24) is 14.5 Å². The number of hydrogen-bond donors (Lipinski definition) is 2. The van der Waals surface area contributed by atoms with E-state index in [2.05, 4.69) is 4.98 Å². The van der Waals surface area contributed by atoms with Gasteiger partial charge in [0.2, 0.25) is 11.8 Å². The lowest BCUT2D eigenvalue weighted by molar-refractivity contribution is -0.394. The Morgan fingerprint density at radius 1 is 1.30 bits per heavy atom. The van der Waals surface area contributed by atoms with Gasteiger partial charge in [0, 0.05) is 24.4 Å². The van der Waals surface area contributed by atoms with Gasteiger partial charge >= 0.3 is 0 Å². The second-order valence-corrected chi connectivity index (χ2v) is 7.50. The molecular weight excluding hydrogens is 418 g/mol. The molecule has 4 N–H and O–H groups in total. The summed E-state index contributed by atoms with van der Waals surface area (Å²) in [7, 11) is 0. The van der Waals surface area contributed by atoms with Gasteiger partial charge in [-0.3, -0.25) is 34.4 Å². The maximum Gasteiger partial charge on any atom is 0.300 e. The lowest BCUT2D eigenvalue weighted by Crippen LogP contribution is -2.51. The second-order valence-electron chi connectivity index (χ2n) is 6.50. The van der Waals surface area contributed by atoms with Gasteiger partial charge in [-0.15, -0.1) is 11.8 Å². The molecule has 158 valence electrons. The summed E-state index contributed by atoms with van der Waals surface area (Å²) in [6.45, 7) is 0. The lowest BCUT2D eigenvalue weighted by atomic mass is 10.1. The van der Waals surface area contributed by atoms with Crippen LogP contribution in [0.1, 0.15) is 5.69 Å². The van der Waals surface area contributed by atoms with Crippen LogP contribution in [0.15, 0.2) is 30.7 Å². The zero-order valence-corrected chi connectivity index (χ0v) is 16.2. The van der Waals surface area contributed by atoms with Gasteiger partial charge in [-0.25, -0.2) is 4.98 Å². The lowest BCUT2D eigenvalue weighted by Gasteiger charge is -2.24. The van der Waals surface area contributed by atoms with Crippen molar-refractivity contribution in [3.8, 4) is 5.69 Å². The number of carbonyl (C=O) groups excluding carboxylic acids is 2. The van der Waals surface area contributed by atoms with Crippen molar-refractivity contribution in [2.75, 3.05) is 11.6 Å². The minimum Gasteiger partial charge on any atom is -0.368 e. The van der Waals surface area contributed by atoms with Crippen LogP contribution in [-0.4, -0.2) is 59.8 Å². The van der Waals surface area contributed by atoms with Crippen molar-refractivity contribution in [2.45, 2.75) is 18.5 Å². The third-order valence-electron chi connectivity index (χ3n) is 4.52.